The Bertz CT molecular complexity index is 957. The number of anilines is 1. The third kappa shape index (κ3) is 6.62. The van der Waals surface area contributed by atoms with Crippen molar-refractivity contribution in [3.63, 3.8) is 0 Å². The van der Waals surface area contributed by atoms with E-state index in [1.165, 1.54) is 18.2 Å². The zero-order chi connectivity index (χ0) is 22.9. The first kappa shape index (κ1) is 23.4. The number of rotatable bonds is 8. The predicted molar refractivity (Wildman–Crippen MR) is 120 cm³/mol. The number of nitrogens with zero attached hydrogens (tertiary/aromatic N) is 2. The molecule has 3 rings (SSSR count). The summed E-state index contributed by atoms with van der Waals surface area (Å²) < 4.78 is 29.5. The van der Waals surface area contributed by atoms with E-state index in [1.54, 1.807) is 23.1 Å². The van der Waals surface area contributed by atoms with Crippen molar-refractivity contribution in [1.29, 1.82) is 0 Å². The average Bonchev–Trinajstić information content (AvgIpc) is 2.78. The molecule has 1 aliphatic heterocycles. The fourth-order valence-corrected chi connectivity index (χ4v) is 3.56. The van der Waals surface area contributed by atoms with Gasteiger partial charge in [-0.05, 0) is 30.2 Å². The fraction of sp³-hybridized carbons (Fsp3) is 0.333. The molecule has 2 aromatic rings. The SMILES string of the molecule is CCc1ccccc1NC(=O)CN1CCN(C(=O)/C=C/c2ccccc2OC(F)F)CC1. The minimum Gasteiger partial charge on any atom is -0.434 e. The number of benzene rings is 2. The van der Waals surface area contributed by atoms with Crippen LogP contribution in [0.15, 0.2) is 54.6 Å². The first-order chi connectivity index (χ1) is 15.5. The van der Waals surface area contributed by atoms with Gasteiger partial charge in [0.1, 0.15) is 5.75 Å². The number of halogens is 2. The molecule has 2 amide bonds. The van der Waals surface area contributed by atoms with Crippen LogP contribution in [0.2, 0.25) is 0 Å². The normalized spacial score (nSPS) is 14.7. The number of carbonyl (C=O) groups is 2. The molecular formula is C24H27F2N3O3. The molecule has 1 aliphatic rings. The number of piperazine rings is 1. The smallest absolute Gasteiger partial charge is 0.387 e. The monoisotopic (exact) mass is 443 g/mol. The van der Waals surface area contributed by atoms with Gasteiger partial charge >= 0.3 is 6.61 Å². The summed E-state index contributed by atoms with van der Waals surface area (Å²) in [6.45, 7) is 1.49. The van der Waals surface area contributed by atoms with E-state index in [1.807, 2.05) is 36.1 Å². The van der Waals surface area contributed by atoms with Gasteiger partial charge in [0, 0.05) is 43.5 Å². The number of alkyl halides is 2. The van der Waals surface area contributed by atoms with E-state index in [0.29, 0.717) is 31.7 Å². The van der Waals surface area contributed by atoms with Crippen molar-refractivity contribution in [3.8, 4) is 5.75 Å². The molecule has 1 N–H and O–H groups in total. The molecule has 1 saturated heterocycles. The lowest BCUT2D eigenvalue weighted by atomic mass is 10.1. The van der Waals surface area contributed by atoms with Crippen LogP contribution < -0.4 is 10.1 Å². The van der Waals surface area contributed by atoms with E-state index >= 15 is 0 Å². The van der Waals surface area contributed by atoms with Gasteiger partial charge in [-0.1, -0.05) is 43.3 Å². The van der Waals surface area contributed by atoms with Gasteiger partial charge in [-0.15, -0.1) is 0 Å². The molecule has 1 heterocycles. The van der Waals surface area contributed by atoms with Crippen LogP contribution in [-0.4, -0.2) is 60.9 Å². The molecule has 32 heavy (non-hydrogen) atoms. The maximum Gasteiger partial charge on any atom is 0.387 e. The minimum absolute atomic E-state index is 0.0204. The Morgan fingerprint density at radius 2 is 1.75 bits per heavy atom. The Balaban J connectivity index is 1.49. The standard InChI is InChI=1S/C24H27F2N3O3/c1-2-18-7-3-5-9-20(18)27-22(30)17-28-13-15-29(16-14-28)23(31)12-11-19-8-4-6-10-21(19)32-24(25)26/h3-12,24H,2,13-17H2,1H3,(H,27,30)/b12-11+. The van der Waals surface area contributed by atoms with Crippen LogP contribution in [-0.2, 0) is 16.0 Å². The van der Waals surface area contributed by atoms with E-state index in [2.05, 4.69) is 10.1 Å². The molecule has 0 atom stereocenters. The van der Waals surface area contributed by atoms with Crippen molar-refractivity contribution in [2.45, 2.75) is 20.0 Å². The molecule has 1 fully saturated rings. The van der Waals surface area contributed by atoms with E-state index in [0.717, 1.165) is 17.7 Å². The van der Waals surface area contributed by atoms with E-state index in [4.69, 9.17) is 0 Å². The molecule has 170 valence electrons. The van der Waals surface area contributed by atoms with E-state index < -0.39 is 6.61 Å². The molecule has 2 aromatic carbocycles. The summed E-state index contributed by atoms with van der Waals surface area (Å²) in [6, 6.07) is 14.0. The van der Waals surface area contributed by atoms with Crippen molar-refractivity contribution in [2.75, 3.05) is 38.0 Å². The highest BCUT2D eigenvalue weighted by Crippen LogP contribution is 2.21. The van der Waals surface area contributed by atoms with E-state index in [-0.39, 0.29) is 24.1 Å². The molecular weight excluding hydrogens is 416 g/mol. The Hall–Kier alpha value is -3.26. The first-order valence-electron chi connectivity index (χ1n) is 10.6. The molecule has 8 heteroatoms. The molecule has 0 saturated carbocycles. The highest BCUT2D eigenvalue weighted by atomic mass is 19.3. The topological polar surface area (TPSA) is 61.9 Å². The van der Waals surface area contributed by atoms with Gasteiger partial charge < -0.3 is 15.0 Å². The molecule has 0 aromatic heterocycles. The van der Waals surface area contributed by atoms with Gasteiger partial charge in [-0.2, -0.15) is 8.78 Å². The van der Waals surface area contributed by atoms with Gasteiger partial charge in [0.05, 0.1) is 6.54 Å². The fourth-order valence-electron chi connectivity index (χ4n) is 3.56. The minimum atomic E-state index is -2.93. The van der Waals surface area contributed by atoms with Crippen LogP contribution in [0, 0.1) is 0 Å². The lowest BCUT2D eigenvalue weighted by molar-refractivity contribution is -0.127. The Labute approximate surface area is 186 Å². The molecule has 0 spiro atoms. The van der Waals surface area contributed by atoms with Crippen molar-refractivity contribution in [1.82, 2.24) is 9.80 Å². The number of amides is 2. The number of ether oxygens (including phenoxy) is 1. The van der Waals surface area contributed by atoms with Crippen LogP contribution in [0.5, 0.6) is 5.75 Å². The number of nitrogens with one attached hydrogen (secondary N) is 1. The summed E-state index contributed by atoms with van der Waals surface area (Å²) in [5, 5.41) is 2.96. The maximum absolute atomic E-state index is 12.5. The Morgan fingerprint density at radius 3 is 2.47 bits per heavy atom. The van der Waals surface area contributed by atoms with Crippen molar-refractivity contribution in [3.05, 3.63) is 65.7 Å². The molecule has 6 nitrogen and oxygen atoms in total. The van der Waals surface area contributed by atoms with Crippen LogP contribution in [0.1, 0.15) is 18.1 Å². The highest BCUT2D eigenvalue weighted by molar-refractivity contribution is 5.93. The Morgan fingerprint density at radius 1 is 1.06 bits per heavy atom. The maximum atomic E-state index is 12.5. The van der Waals surface area contributed by atoms with Crippen LogP contribution >= 0.6 is 0 Å². The number of para-hydroxylation sites is 2. The quantitative estimate of drug-likeness (QED) is 0.633. The molecule has 0 aliphatic carbocycles. The third-order valence-corrected chi connectivity index (χ3v) is 5.26. The van der Waals surface area contributed by atoms with Gasteiger partial charge in [-0.25, -0.2) is 0 Å². The van der Waals surface area contributed by atoms with Gasteiger partial charge in [-0.3, -0.25) is 14.5 Å². The van der Waals surface area contributed by atoms with Gasteiger partial charge in [0.2, 0.25) is 11.8 Å². The summed E-state index contributed by atoms with van der Waals surface area (Å²) in [7, 11) is 0. The molecule has 0 unspecified atom stereocenters. The predicted octanol–water partition coefficient (Wildman–Crippen LogP) is 3.65. The summed E-state index contributed by atoms with van der Waals surface area (Å²) in [5.41, 5.74) is 2.32. The number of aryl methyl sites for hydroxylation is 1. The van der Waals surface area contributed by atoms with Crippen LogP contribution in [0.25, 0.3) is 6.08 Å². The van der Waals surface area contributed by atoms with E-state index in [9.17, 15) is 18.4 Å². The number of hydrogen-bond acceptors (Lipinski definition) is 4. The second-order valence-electron chi connectivity index (χ2n) is 7.41. The molecule has 0 bridgehead atoms. The van der Waals surface area contributed by atoms with Crippen molar-refractivity contribution < 1.29 is 23.1 Å². The summed E-state index contributed by atoms with van der Waals surface area (Å²) >= 11 is 0. The summed E-state index contributed by atoms with van der Waals surface area (Å²) in [5.74, 6) is -0.272. The van der Waals surface area contributed by atoms with Gasteiger partial charge in [0.15, 0.2) is 0 Å². The zero-order valence-electron chi connectivity index (χ0n) is 18.0. The molecule has 0 radical (unpaired) electrons. The highest BCUT2D eigenvalue weighted by Gasteiger charge is 2.21. The van der Waals surface area contributed by atoms with Gasteiger partial charge in [0.25, 0.3) is 0 Å². The van der Waals surface area contributed by atoms with Crippen LogP contribution in [0.3, 0.4) is 0 Å². The van der Waals surface area contributed by atoms with Crippen molar-refractivity contribution in [2.24, 2.45) is 0 Å². The second-order valence-corrected chi connectivity index (χ2v) is 7.41. The van der Waals surface area contributed by atoms with Crippen molar-refractivity contribution >= 4 is 23.6 Å². The second kappa shape index (κ2) is 11.4. The first-order valence-corrected chi connectivity index (χ1v) is 10.6. The Kier molecular flexibility index (Phi) is 8.33. The largest absolute Gasteiger partial charge is 0.434 e. The average molecular weight is 443 g/mol. The zero-order valence-corrected chi connectivity index (χ0v) is 18.0. The lowest BCUT2D eigenvalue weighted by Crippen LogP contribution is -2.50. The lowest BCUT2D eigenvalue weighted by Gasteiger charge is -2.33. The van der Waals surface area contributed by atoms with Crippen LogP contribution in [0.4, 0.5) is 14.5 Å². The summed E-state index contributed by atoms with van der Waals surface area (Å²) in [6.07, 6.45) is 3.67. The number of carbonyl (C=O) groups excluding carboxylic acids is 2. The number of hydrogen-bond donors (Lipinski definition) is 1. The third-order valence-electron chi connectivity index (χ3n) is 5.26. The summed E-state index contributed by atoms with van der Waals surface area (Å²) in [4.78, 5) is 28.6.